The van der Waals surface area contributed by atoms with E-state index in [2.05, 4.69) is 26.1 Å². The fourth-order valence-corrected chi connectivity index (χ4v) is 1.11. The lowest BCUT2D eigenvalue weighted by Crippen LogP contribution is -2.47. The van der Waals surface area contributed by atoms with Crippen LogP contribution in [-0.2, 0) is 9.53 Å². The summed E-state index contributed by atoms with van der Waals surface area (Å²) in [6.07, 6.45) is 1.92. The lowest BCUT2D eigenvalue weighted by atomic mass is 10.1. The second-order valence-corrected chi connectivity index (χ2v) is 5.32. The summed E-state index contributed by atoms with van der Waals surface area (Å²) in [6.45, 7) is 12.6. The first-order chi connectivity index (χ1) is 8.29. The van der Waals surface area contributed by atoms with Crippen molar-refractivity contribution in [2.75, 3.05) is 13.7 Å². The molecule has 0 radical (unpaired) electrons. The number of carbonyl (C=O) groups is 1. The van der Waals surface area contributed by atoms with E-state index in [4.69, 9.17) is 9.84 Å². The molecular weight excluding hydrogens is 230 g/mol. The van der Waals surface area contributed by atoms with Crippen LogP contribution in [0.4, 0.5) is 0 Å². The van der Waals surface area contributed by atoms with Crippen molar-refractivity contribution < 1.29 is 14.6 Å². The van der Waals surface area contributed by atoms with Crippen molar-refractivity contribution in [3.05, 3.63) is 0 Å². The van der Waals surface area contributed by atoms with Gasteiger partial charge >= 0.3 is 0 Å². The van der Waals surface area contributed by atoms with Crippen molar-refractivity contribution in [1.29, 1.82) is 0 Å². The van der Waals surface area contributed by atoms with E-state index in [9.17, 15) is 4.79 Å². The molecule has 0 aliphatic heterocycles. The van der Waals surface area contributed by atoms with Crippen LogP contribution in [0.2, 0.25) is 0 Å². The summed E-state index contributed by atoms with van der Waals surface area (Å²) in [7, 11) is 1.00. The lowest BCUT2D eigenvalue weighted by molar-refractivity contribution is -0.143. The molecule has 1 unspecified atom stereocenters. The Balaban J connectivity index is 0. The van der Waals surface area contributed by atoms with Crippen molar-refractivity contribution >= 4 is 5.91 Å². The third kappa shape index (κ3) is 9.42. The van der Waals surface area contributed by atoms with E-state index in [0.717, 1.165) is 20.0 Å². The first kappa shape index (κ1) is 19.7. The molecule has 0 fully saturated rings. The van der Waals surface area contributed by atoms with Gasteiger partial charge in [0.1, 0.15) is 5.60 Å². The minimum atomic E-state index is -0.724. The average Bonchev–Trinajstić information content (AvgIpc) is 2.30. The highest BCUT2D eigenvalue weighted by Gasteiger charge is 2.28. The van der Waals surface area contributed by atoms with Gasteiger partial charge in [-0.1, -0.05) is 20.8 Å². The second-order valence-electron chi connectivity index (χ2n) is 5.32. The number of nitrogens with one attached hydrogen (secondary N) is 1. The van der Waals surface area contributed by atoms with Crippen molar-refractivity contribution in [3.8, 4) is 0 Å². The van der Waals surface area contributed by atoms with Crippen LogP contribution in [0.5, 0.6) is 0 Å². The molecule has 110 valence electrons. The number of aliphatic hydroxyl groups excluding tert-OH is 1. The molecule has 0 spiro atoms. The van der Waals surface area contributed by atoms with Crippen LogP contribution in [0.25, 0.3) is 0 Å². The summed E-state index contributed by atoms with van der Waals surface area (Å²) in [5.74, 6) is 0.582. The number of ether oxygens (including phenoxy) is 1. The monoisotopic (exact) mass is 261 g/mol. The smallest absolute Gasteiger partial charge is 0.251 e. The van der Waals surface area contributed by atoms with E-state index in [-0.39, 0.29) is 11.9 Å². The van der Waals surface area contributed by atoms with Gasteiger partial charge < -0.3 is 15.2 Å². The second kappa shape index (κ2) is 10.3. The van der Waals surface area contributed by atoms with Gasteiger partial charge in [0.2, 0.25) is 0 Å². The fraction of sp³-hybridized carbons (Fsp3) is 0.929. The molecule has 1 amide bonds. The minimum Gasteiger partial charge on any atom is -0.400 e. The molecule has 4 heteroatoms. The first-order valence-corrected chi connectivity index (χ1v) is 6.69. The van der Waals surface area contributed by atoms with Crippen LogP contribution in [0, 0.1) is 5.92 Å². The zero-order valence-electron chi connectivity index (χ0n) is 13.0. The molecular formula is C14H31NO3. The SMILES string of the molecule is CCC(C)NC(=O)C(C)(C)OCCC(C)C.CO. The summed E-state index contributed by atoms with van der Waals surface area (Å²) >= 11 is 0. The molecule has 0 aliphatic carbocycles. The van der Waals surface area contributed by atoms with E-state index < -0.39 is 5.60 Å². The number of hydrogen-bond acceptors (Lipinski definition) is 3. The number of amides is 1. The van der Waals surface area contributed by atoms with E-state index in [0.29, 0.717) is 12.5 Å². The molecule has 0 heterocycles. The predicted molar refractivity (Wildman–Crippen MR) is 75.5 cm³/mol. The van der Waals surface area contributed by atoms with Crippen molar-refractivity contribution in [3.63, 3.8) is 0 Å². The van der Waals surface area contributed by atoms with E-state index >= 15 is 0 Å². The van der Waals surface area contributed by atoms with Crippen molar-refractivity contribution in [2.45, 2.75) is 66.0 Å². The molecule has 18 heavy (non-hydrogen) atoms. The molecule has 0 aromatic heterocycles. The molecule has 0 saturated carbocycles. The topological polar surface area (TPSA) is 58.6 Å². The van der Waals surface area contributed by atoms with Crippen LogP contribution >= 0.6 is 0 Å². The summed E-state index contributed by atoms with van der Waals surface area (Å²) in [4.78, 5) is 11.9. The Kier molecular flexibility index (Phi) is 11.3. The number of carbonyl (C=O) groups excluding carboxylic acids is 1. The molecule has 0 aromatic carbocycles. The Morgan fingerprint density at radius 1 is 1.28 bits per heavy atom. The maximum atomic E-state index is 11.9. The highest BCUT2D eigenvalue weighted by atomic mass is 16.5. The number of hydrogen-bond donors (Lipinski definition) is 2. The third-order valence-electron chi connectivity index (χ3n) is 2.69. The number of aliphatic hydroxyl groups is 1. The van der Waals surface area contributed by atoms with E-state index in [1.165, 1.54) is 0 Å². The van der Waals surface area contributed by atoms with Crippen LogP contribution < -0.4 is 5.32 Å². The first-order valence-electron chi connectivity index (χ1n) is 6.69. The van der Waals surface area contributed by atoms with Gasteiger partial charge in [-0.05, 0) is 39.5 Å². The van der Waals surface area contributed by atoms with E-state index in [1.807, 2.05) is 20.8 Å². The van der Waals surface area contributed by atoms with Gasteiger partial charge in [0.15, 0.2) is 0 Å². The maximum absolute atomic E-state index is 11.9. The summed E-state index contributed by atoms with van der Waals surface area (Å²) in [6, 6.07) is 0.209. The Morgan fingerprint density at radius 2 is 1.78 bits per heavy atom. The predicted octanol–water partition coefficient (Wildman–Crippen LogP) is 2.35. The Morgan fingerprint density at radius 3 is 2.17 bits per heavy atom. The highest BCUT2D eigenvalue weighted by molar-refractivity contribution is 5.84. The van der Waals surface area contributed by atoms with Gasteiger partial charge in [-0.2, -0.15) is 0 Å². The average molecular weight is 261 g/mol. The summed E-state index contributed by atoms with van der Waals surface area (Å²) in [5, 5.41) is 9.94. The summed E-state index contributed by atoms with van der Waals surface area (Å²) < 4.78 is 5.64. The normalized spacial score (nSPS) is 12.7. The Labute approximate surface area is 112 Å². The van der Waals surface area contributed by atoms with Crippen LogP contribution in [0.15, 0.2) is 0 Å². The largest absolute Gasteiger partial charge is 0.400 e. The van der Waals surface area contributed by atoms with Gasteiger partial charge in [-0.3, -0.25) is 4.79 Å². The Hall–Kier alpha value is -0.610. The van der Waals surface area contributed by atoms with Crippen LogP contribution in [-0.4, -0.2) is 36.4 Å². The highest BCUT2D eigenvalue weighted by Crippen LogP contribution is 2.12. The molecule has 1 atom stereocenters. The fourth-order valence-electron chi connectivity index (χ4n) is 1.11. The van der Waals surface area contributed by atoms with Crippen molar-refractivity contribution in [1.82, 2.24) is 5.32 Å². The van der Waals surface area contributed by atoms with E-state index in [1.54, 1.807) is 0 Å². The number of rotatable bonds is 7. The molecule has 4 nitrogen and oxygen atoms in total. The lowest BCUT2D eigenvalue weighted by Gasteiger charge is -2.26. The quantitative estimate of drug-likeness (QED) is 0.739. The van der Waals surface area contributed by atoms with Gasteiger partial charge in [-0.25, -0.2) is 0 Å². The zero-order valence-corrected chi connectivity index (χ0v) is 13.0. The zero-order chi connectivity index (χ0) is 14.8. The Bertz CT molecular complexity index is 215. The molecule has 2 N–H and O–H groups in total. The van der Waals surface area contributed by atoms with Gasteiger partial charge in [-0.15, -0.1) is 0 Å². The molecule has 0 saturated heterocycles. The van der Waals surface area contributed by atoms with Crippen LogP contribution in [0.1, 0.15) is 54.4 Å². The van der Waals surface area contributed by atoms with Gasteiger partial charge in [0.05, 0.1) is 0 Å². The molecule has 0 aliphatic rings. The maximum Gasteiger partial charge on any atom is 0.251 e. The van der Waals surface area contributed by atoms with Gasteiger partial charge in [0.25, 0.3) is 5.91 Å². The molecule has 0 bridgehead atoms. The molecule has 0 rings (SSSR count). The minimum absolute atomic E-state index is 0.0226. The third-order valence-corrected chi connectivity index (χ3v) is 2.69. The van der Waals surface area contributed by atoms with Crippen molar-refractivity contribution in [2.24, 2.45) is 5.92 Å². The summed E-state index contributed by atoms with van der Waals surface area (Å²) in [5.41, 5.74) is -0.724. The molecule has 0 aromatic rings. The van der Waals surface area contributed by atoms with Crippen LogP contribution in [0.3, 0.4) is 0 Å². The standard InChI is InChI=1S/C13H27NO2.CH4O/c1-7-11(4)14-12(15)13(5,6)16-9-8-10(2)3;1-2/h10-11H,7-9H2,1-6H3,(H,14,15);2H,1H3. The van der Waals surface area contributed by atoms with Gasteiger partial charge in [0, 0.05) is 19.8 Å².